The van der Waals surface area contributed by atoms with Crippen molar-refractivity contribution < 1.29 is 4.79 Å². The van der Waals surface area contributed by atoms with Crippen molar-refractivity contribution in [3.05, 3.63) is 28.0 Å². The molecule has 1 aromatic rings. The Kier molecular flexibility index (Phi) is 4.78. The minimum Gasteiger partial charge on any atom is -0.334 e. The van der Waals surface area contributed by atoms with E-state index in [2.05, 4.69) is 4.98 Å². The maximum absolute atomic E-state index is 12.3. The largest absolute Gasteiger partial charge is 0.334 e. The van der Waals surface area contributed by atoms with E-state index in [9.17, 15) is 4.79 Å². The second-order valence-electron chi connectivity index (χ2n) is 4.40. The molecule has 0 atom stereocenters. The smallest absolute Gasteiger partial charge is 0.254 e. The Balaban J connectivity index is 3.09. The van der Waals surface area contributed by atoms with Crippen LogP contribution in [-0.4, -0.2) is 27.9 Å². The Morgan fingerprint density at radius 1 is 1.12 bits per heavy atom. The highest BCUT2D eigenvalue weighted by Gasteiger charge is 2.22. The molecule has 3 nitrogen and oxygen atoms in total. The van der Waals surface area contributed by atoms with Gasteiger partial charge in [0, 0.05) is 17.6 Å². The molecule has 0 saturated carbocycles. The van der Waals surface area contributed by atoms with Gasteiger partial charge >= 0.3 is 0 Å². The Labute approximate surface area is 112 Å². The average Bonchev–Trinajstić information content (AvgIpc) is 2.14. The van der Waals surface area contributed by atoms with Gasteiger partial charge in [0.2, 0.25) is 0 Å². The fourth-order valence-electron chi connectivity index (χ4n) is 1.80. The third-order valence-electron chi connectivity index (χ3n) is 2.36. The van der Waals surface area contributed by atoms with Crippen molar-refractivity contribution in [1.82, 2.24) is 9.88 Å². The second-order valence-corrected chi connectivity index (χ2v) is 5.18. The molecule has 0 spiro atoms. The highest BCUT2D eigenvalue weighted by atomic mass is 35.5. The molecule has 17 heavy (non-hydrogen) atoms. The predicted molar refractivity (Wildman–Crippen MR) is 70.7 cm³/mol. The molecule has 0 aliphatic carbocycles. The Morgan fingerprint density at radius 3 is 1.88 bits per heavy atom. The summed E-state index contributed by atoms with van der Waals surface area (Å²) in [6.07, 6.45) is 0. The molecule has 0 fully saturated rings. The van der Waals surface area contributed by atoms with E-state index < -0.39 is 0 Å². The van der Waals surface area contributed by atoms with Crippen LogP contribution in [0, 0.1) is 0 Å². The van der Waals surface area contributed by atoms with Gasteiger partial charge in [0.1, 0.15) is 10.3 Å². The lowest BCUT2D eigenvalue weighted by Gasteiger charge is -2.30. The van der Waals surface area contributed by atoms with Gasteiger partial charge in [-0.1, -0.05) is 23.2 Å². The summed E-state index contributed by atoms with van der Waals surface area (Å²) in [6.45, 7) is 7.90. The lowest BCUT2D eigenvalue weighted by atomic mass is 10.1. The first-order valence-corrected chi connectivity index (χ1v) is 6.24. The summed E-state index contributed by atoms with van der Waals surface area (Å²) in [5, 5.41) is 0.460. The molecule has 0 aliphatic rings. The zero-order chi connectivity index (χ0) is 13.2. The summed E-state index contributed by atoms with van der Waals surface area (Å²) < 4.78 is 0. The lowest BCUT2D eigenvalue weighted by Crippen LogP contribution is -2.42. The van der Waals surface area contributed by atoms with Gasteiger partial charge in [0.05, 0.1) is 0 Å². The van der Waals surface area contributed by atoms with Crippen molar-refractivity contribution in [3.8, 4) is 0 Å². The molecule has 5 heteroatoms. The van der Waals surface area contributed by atoms with Crippen LogP contribution >= 0.6 is 23.2 Å². The van der Waals surface area contributed by atoms with E-state index in [4.69, 9.17) is 23.2 Å². The van der Waals surface area contributed by atoms with Gasteiger partial charge in [-0.2, -0.15) is 0 Å². The standard InChI is InChI=1S/C12H16Cl2N2O/c1-7(2)16(8(3)4)12(17)9-5-10(13)15-11(14)6-9/h5-8H,1-4H3. The van der Waals surface area contributed by atoms with E-state index in [0.717, 1.165) is 0 Å². The second kappa shape index (κ2) is 5.69. The SMILES string of the molecule is CC(C)N(C(=O)c1cc(Cl)nc(Cl)c1)C(C)C. The molecule has 0 unspecified atom stereocenters. The molecule has 0 bridgehead atoms. The number of hydrogen-bond acceptors (Lipinski definition) is 2. The highest BCUT2D eigenvalue weighted by Crippen LogP contribution is 2.18. The summed E-state index contributed by atoms with van der Waals surface area (Å²) in [6, 6.07) is 3.31. The van der Waals surface area contributed by atoms with Crippen LogP contribution in [0.25, 0.3) is 0 Å². The third-order valence-corrected chi connectivity index (χ3v) is 2.74. The van der Waals surface area contributed by atoms with E-state index in [1.54, 1.807) is 4.90 Å². The topological polar surface area (TPSA) is 33.2 Å². The monoisotopic (exact) mass is 274 g/mol. The fourth-order valence-corrected chi connectivity index (χ4v) is 2.26. The van der Waals surface area contributed by atoms with Gasteiger partial charge in [-0.25, -0.2) is 4.98 Å². The van der Waals surface area contributed by atoms with Crippen molar-refractivity contribution in [3.63, 3.8) is 0 Å². The molecule has 1 rings (SSSR count). The normalized spacial score (nSPS) is 11.1. The first-order valence-electron chi connectivity index (χ1n) is 5.48. The number of nitrogens with zero attached hydrogens (tertiary/aromatic N) is 2. The van der Waals surface area contributed by atoms with Crippen molar-refractivity contribution in [2.24, 2.45) is 0 Å². The van der Waals surface area contributed by atoms with Crippen molar-refractivity contribution >= 4 is 29.1 Å². The minimum atomic E-state index is -0.0822. The number of hydrogen-bond donors (Lipinski definition) is 0. The minimum absolute atomic E-state index is 0.0822. The maximum Gasteiger partial charge on any atom is 0.254 e. The number of carbonyl (C=O) groups excluding carboxylic acids is 1. The Hall–Kier alpha value is -0.800. The van der Waals surface area contributed by atoms with E-state index >= 15 is 0 Å². The number of carbonyl (C=O) groups is 1. The summed E-state index contributed by atoms with van der Waals surface area (Å²) in [5.41, 5.74) is 0.470. The predicted octanol–water partition coefficient (Wildman–Crippen LogP) is 3.65. The van der Waals surface area contributed by atoms with E-state index in [1.807, 2.05) is 27.7 Å². The number of pyridine rings is 1. The zero-order valence-corrected chi connectivity index (χ0v) is 11.9. The summed E-state index contributed by atoms with van der Waals surface area (Å²) >= 11 is 11.6. The van der Waals surface area contributed by atoms with Crippen LogP contribution in [0.3, 0.4) is 0 Å². The first kappa shape index (κ1) is 14.3. The van der Waals surface area contributed by atoms with Crippen LogP contribution in [0.15, 0.2) is 12.1 Å². The Bertz CT molecular complexity index is 391. The van der Waals surface area contributed by atoms with Crippen molar-refractivity contribution in [2.75, 3.05) is 0 Å². The van der Waals surface area contributed by atoms with E-state index in [0.29, 0.717) is 5.56 Å². The van der Waals surface area contributed by atoms with Gasteiger partial charge in [0.25, 0.3) is 5.91 Å². The van der Waals surface area contributed by atoms with Gasteiger partial charge in [0.15, 0.2) is 0 Å². The summed E-state index contributed by atoms with van der Waals surface area (Å²) in [7, 11) is 0. The number of rotatable bonds is 3. The molecular formula is C12H16Cl2N2O. The fraction of sp³-hybridized carbons (Fsp3) is 0.500. The maximum atomic E-state index is 12.3. The van der Waals surface area contributed by atoms with Crippen molar-refractivity contribution in [1.29, 1.82) is 0 Å². The number of amides is 1. The number of aromatic nitrogens is 1. The molecule has 0 radical (unpaired) electrons. The Morgan fingerprint density at radius 2 is 1.53 bits per heavy atom. The molecular weight excluding hydrogens is 259 g/mol. The molecule has 0 aliphatic heterocycles. The van der Waals surface area contributed by atoms with Gasteiger partial charge in [-0.15, -0.1) is 0 Å². The van der Waals surface area contributed by atoms with E-state index in [-0.39, 0.29) is 28.3 Å². The zero-order valence-electron chi connectivity index (χ0n) is 10.4. The molecule has 0 saturated heterocycles. The lowest BCUT2D eigenvalue weighted by molar-refractivity contribution is 0.0643. The summed E-state index contributed by atoms with van der Waals surface area (Å²) in [4.78, 5) is 17.9. The van der Waals surface area contributed by atoms with E-state index in [1.165, 1.54) is 12.1 Å². The van der Waals surface area contributed by atoms with Crippen LogP contribution in [0.1, 0.15) is 38.1 Å². The number of halogens is 2. The molecule has 1 amide bonds. The quantitative estimate of drug-likeness (QED) is 0.789. The molecule has 0 N–H and O–H groups in total. The van der Waals surface area contributed by atoms with Crippen LogP contribution in [-0.2, 0) is 0 Å². The van der Waals surface area contributed by atoms with Gasteiger partial charge in [-0.3, -0.25) is 4.79 Å². The highest BCUT2D eigenvalue weighted by molar-refractivity contribution is 6.33. The van der Waals surface area contributed by atoms with Crippen LogP contribution < -0.4 is 0 Å². The van der Waals surface area contributed by atoms with Gasteiger partial charge < -0.3 is 4.90 Å². The van der Waals surface area contributed by atoms with Crippen LogP contribution in [0.5, 0.6) is 0 Å². The van der Waals surface area contributed by atoms with Crippen LogP contribution in [0.2, 0.25) is 10.3 Å². The summed E-state index contributed by atoms with van der Waals surface area (Å²) in [5.74, 6) is -0.0822. The van der Waals surface area contributed by atoms with Crippen molar-refractivity contribution in [2.45, 2.75) is 39.8 Å². The molecule has 1 aromatic heterocycles. The molecule has 1 heterocycles. The third kappa shape index (κ3) is 3.58. The average molecular weight is 275 g/mol. The molecule has 0 aromatic carbocycles. The first-order chi connectivity index (χ1) is 7.82. The van der Waals surface area contributed by atoms with Gasteiger partial charge in [-0.05, 0) is 39.8 Å². The molecule has 94 valence electrons. The van der Waals surface area contributed by atoms with Crippen LogP contribution in [0.4, 0.5) is 0 Å².